The average Bonchev–Trinajstić information content (AvgIpc) is 2.48. The van der Waals surface area contributed by atoms with Crippen LogP contribution in [0.3, 0.4) is 0 Å². The van der Waals surface area contributed by atoms with Crippen molar-refractivity contribution in [1.82, 2.24) is 20.1 Å². The Balaban J connectivity index is 2.60. The minimum Gasteiger partial charge on any atom is -0.314 e. The lowest BCUT2D eigenvalue weighted by atomic mass is 10.2. The molecule has 0 saturated heterocycles. The molecule has 0 aliphatic rings. The van der Waals surface area contributed by atoms with Crippen molar-refractivity contribution in [3.63, 3.8) is 0 Å². The van der Waals surface area contributed by atoms with Crippen molar-refractivity contribution in [2.24, 2.45) is 7.05 Å². The molecule has 1 rings (SSSR count). The normalized spacial score (nSPS) is 13.1. The molecule has 4 nitrogen and oxygen atoms in total. The lowest BCUT2D eigenvalue weighted by Crippen LogP contribution is -2.28. The fraction of sp³-hybridized carbons (Fsp3) is 0.818. The second kappa shape index (κ2) is 5.85. The number of nitrogens with zero attached hydrogens (tertiary/aromatic N) is 3. The van der Waals surface area contributed by atoms with Gasteiger partial charge in [-0.25, -0.2) is 4.98 Å². The predicted octanol–water partition coefficient (Wildman–Crippen LogP) is 1.31. The molecule has 0 spiro atoms. The molecule has 0 amide bonds. The highest BCUT2D eigenvalue weighted by molar-refractivity contribution is 4.95. The summed E-state index contributed by atoms with van der Waals surface area (Å²) in [6, 6.07) is 0.465. The third-order valence-electron chi connectivity index (χ3n) is 2.41. The van der Waals surface area contributed by atoms with Crippen LogP contribution in [0.5, 0.6) is 0 Å². The van der Waals surface area contributed by atoms with E-state index in [1.165, 1.54) is 0 Å². The number of rotatable bonds is 6. The Bertz CT molecular complexity index is 293. The van der Waals surface area contributed by atoms with Gasteiger partial charge in [0.15, 0.2) is 5.82 Å². The van der Waals surface area contributed by atoms with E-state index in [9.17, 15) is 0 Å². The molecule has 1 aromatic heterocycles. The first-order valence-electron chi connectivity index (χ1n) is 5.79. The van der Waals surface area contributed by atoms with Gasteiger partial charge in [0.2, 0.25) is 0 Å². The summed E-state index contributed by atoms with van der Waals surface area (Å²) in [7, 11) is 1.97. The average molecular weight is 210 g/mol. The highest BCUT2D eigenvalue weighted by Gasteiger charge is 2.09. The highest BCUT2D eigenvalue weighted by Crippen LogP contribution is 2.02. The Kier molecular flexibility index (Phi) is 4.75. The van der Waals surface area contributed by atoms with E-state index in [0.717, 1.165) is 37.5 Å². The maximum atomic E-state index is 4.53. The van der Waals surface area contributed by atoms with Crippen molar-refractivity contribution in [1.29, 1.82) is 0 Å². The van der Waals surface area contributed by atoms with Crippen LogP contribution >= 0.6 is 0 Å². The molecular formula is C11H22N4. The van der Waals surface area contributed by atoms with Gasteiger partial charge in [-0.05, 0) is 19.9 Å². The smallest absolute Gasteiger partial charge is 0.150 e. The number of aromatic nitrogens is 3. The Morgan fingerprint density at radius 1 is 1.40 bits per heavy atom. The summed E-state index contributed by atoms with van der Waals surface area (Å²) in [6.07, 6.45) is 3.02. The van der Waals surface area contributed by atoms with E-state index in [0.29, 0.717) is 6.04 Å². The Morgan fingerprint density at radius 3 is 2.73 bits per heavy atom. The summed E-state index contributed by atoms with van der Waals surface area (Å²) >= 11 is 0. The largest absolute Gasteiger partial charge is 0.314 e. The fourth-order valence-electron chi connectivity index (χ4n) is 1.68. The van der Waals surface area contributed by atoms with Crippen molar-refractivity contribution < 1.29 is 0 Å². The summed E-state index contributed by atoms with van der Waals surface area (Å²) in [5.74, 6) is 2.05. The minimum absolute atomic E-state index is 0.465. The van der Waals surface area contributed by atoms with Crippen LogP contribution in [-0.4, -0.2) is 27.4 Å². The second-order valence-corrected chi connectivity index (χ2v) is 3.98. The van der Waals surface area contributed by atoms with Gasteiger partial charge in [0, 0.05) is 25.9 Å². The SMILES string of the molecule is CCCc1nc(CC(C)NCC)n(C)n1. The molecule has 15 heavy (non-hydrogen) atoms. The molecule has 1 heterocycles. The summed E-state index contributed by atoms with van der Waals surface area (Å²) in [5.41, 5.74) is 0. The zero-order chi connectivity index (χ0) is 11.3. The Hall–Kier alpha value is -0.900. The Labute approximate surface area is 92.1 Å². The van der Waals surface area contributed by atoms with Gasteiger partial charge < -0.3 is 5.32 Å². The molecule has 1 N–H and O–H groups in total. The van der Waals surface area contributed by atoms with Gasteiger partial charge in [-0.3, -0.25) is 4.68 Å². The van der Waals surface area contributed by atoms with Gasteiger partial charge in [0.1, 0.15) is 5.82 Å². The molecule has 0 fully saturated rings. The van der Waals surface area contributed by atoms with Crippen LogP contribution in [0.15, 0.2) is 0 Å². The predicted molar refractivity (Wildman–Crippen MR) is 61.8 cm³/mol. The summed E-state index contributed by atoms with van der Waals surface area (Å²) in [5, 5.41) is 7.77. The van der Waals surface area contributed by atoms with Crippen molar-refractivity contribution in [3.05, 3.63) is 11.6 Å². The van der Waals surface area contributed by atoms with Gasteiger partial charge in [-0.2, -0.15) is 5.10 Å². The highest BCUT2D eigenvalue weighted by atomic mass is 15.3. The van der Waals surface area contributed by atoms with Gasteiger partial charge in [-0.15, -0.1) is 0 Å². The molecule has 0 aliphatic carbocycles. The molecule has 86 valence electrons. The summed E-state index contributed by atoms with van der Waals surface area (Å²) in [6.45, 7) is 7.45. The Morgan fingerprint density at radius 2 is 2.13 bits per heavy atom. The summed E-state index contributed by atoms with van der Waals surface area (Å²) in [4.78, 5) is 4.53. The monoisotopic (exact) mass is 210 g/mol. The standard InChI is InChI=1S/C11H22N4/c1-5-7-10-13-11(15(4)14-10)8-9(3)12-6-2/h9,12H,5-8H2,1-4H3. The molecule has 1 atom stereocenters. The van der Waals surface area contributed by atoms with E-state index in [1.807, 2.05) is 11.7 Å². The summed E-state index contributed by atoms with van der Waals surface area (Å²) < 4.78 is 1.90. The van der Waals surface area contributed by atoms with E-state index < -0.39 is 0 Å². The van der Waals surface area contributed by atoms with Crippen molar-refractivity contribution in [2.75, 3.05) is 6.54 Å². The number of hydrogen-bond donors (Lipinski definition) is 1. The molecule has 0 aliphatic heterocycles. The minimum atomic E-state index is 0.465. The van der Waals surface area contributed by atoms with E-state index in [-0.39, 0.29) is 0 Å². The van der Waals surface area contributed by atoms with Gasteiger partial charge in [-0.1, -0.05) is 13.8 Å². The lowest BCUT2D eigenvalue weighted by Gasteiger charge is -2.10. The van der Waals surface area contributed by atoms with Crippen LogP contribution in [0.2, 0.25) is 0 Å². The van der Waals surface area contributed by atoms with Crippen LogP contribution in [0, 0.1) is 0 Å². The van der Waals surface area contributed by atoms with E-state index in [4.69, 9.17) is 0 Å². The van der Waals surface area contributed by atoms with Crippen LogP contribution in [0.1, 0.15) is 38.8 Å². The van der Waals surface area contributed by atoms with Crippen LogP contribution in [-0.2, 0) is 19.9 Å². The maximum Gasteiger partial charge on any atom is 0.150 e. The first-order valence-corrected chi connectivity index (χ1v) is 5.79. The molecular weight excluding hydrogens is 188 g/mol. The van der Waals surface area contributed by atoms with Gasteiger partial charge >= 0.3 is 0 Å². The molecule has 0 aromatic carbocycles. The molecule has 0 radical (unpaired) electrons. The third-order valence-corrected chi connectivity index (χ3v) is 2.41. The molecule has 1 aromatic rings. The molecule has 1 unspecified atom stereocenters. The number of likely N-dealkylation sites (N-methyl/N-ethyl adjacent to an activating group) is 1. The number of nitrogens with one attached hydrogen (secondary N) is 1. The topological polar surface area (TPSA) is 42.7 Å². The third kappa shape index (κ3) is 3.63. The van der Waals surface area contributed by atoms with E-state index in [1.54, 1.807) is 0 Å². The molecule has 0 bridgehead atoms. The molecule has 0 saturated carbocycles. The number of hydrogen-bond acceptors (Lipinski definition) is 3. The van der Waals surface area contributed by atoms with Gasteiger partial charge in [0.25, 0.3) is 0 Å². The van der Waals surface area contributed by atoms with Crippen LogP contribution < -0.4 is 5.32 Å². The quantitative estimate of drug-likeness (QED) is 0.770. The van der Waals surface area contributed by atoms with Crippen LogP contribution in [0.25, 0.3) is 0 Å². The second-order valence-electron chi connectivity index (χ2n) is 3.98. The van der Waals surface area contributed by atoms with Gasteiger partial charge in [0.05, 0.1) is 0 Å². The van der Waals surface area contributed by atoms with E-state index >= 15 is 0 Å². The zero-order valence-corrected chi connectivity index (χ0v) is 10.2. The van der Waals surface area contributed by atoms with Crippen molar-refractivity contribution >= 4 is 0 Å². The first kappa shape index (κ1) is 12.2. The van der Waals surface area contributed by atoms with Crippen molar-refractivity contribution in [3.8, 4) is 0 Å². The fourth-order valence-corrected chi connectivity index (χ4v) is 1.68. The first-order chi connectivity index (χ1) is 7.17. The van der Waals surface area contributed by atoms with E-state index in [2.05, 4.69) is 36.2 Å². The maximum absolute atomic E-state index is 4.53. The molecule has 4 heteroatoms. The van der Waals surface area contributed by atoms with Crippen molar-refractivity contribution in [2.45, 2.75) is 46.1 Å². The zero-order valence-electron chi connectivity index (χ0n) is 10.2. The number of aryl methyl sites for hydroxylation is 2. The lowest BCUT2D eigenvalue weighted by molar-refractivity contribution is 0.536. The van der Waals surface area contributed by atoms with Crippen LogP contribution in [0.4, 0.5) is 0 Å².